The van der Waals surface area contributed by atoms with E-state index < -0.39 is 26.5 Å². The number of nitrogens with two attached hydrogens (primary N) is 1. The van der Waals surface area contributed by atoms with Gasteiger partial charge in [-0.15, -0.1) is 10.2 Å². The van der Waals surface area contributed by atoms with Crippen LogP contribution < -0.4 is 5.73 Å². The van der Waals surface area contributed by atoms with E-state index in [9.17, 15) is 18.1 Å². The number of fused-ring (bicyclic) bond motifs is 1. The lowest BCUT2D eigenvalue weighted by atomic mass is 10.1. The Hall–Kier alpha value is -4.23. The Morgan fingerprint density at radius 1 is 0.739 bits per heavy atom. The minimum absolute atomic E-state index is 0.124. The molecular weight excluding hydrogens is 602 g/mol. The highest BCUT2D eigenvalue weighted by Gasteiger charge is 2.21. The predicted octanol–water partition coefficient (Wildman–Crippen LogP) is 6.98. The highest BCUT2D eigenvalue weighted by atomic mass is 32.2. The first kappa shape index (κ1) is 34.6. The predicted molar refractivity (Wildman–Crippen MR) is 182 cm³/mol. The molecule has 0 aliphatic carbocycles. The fourth-order valence-corrected chi connectivity index (χ4v) is 5.48. The fraction of sp³-hybridized carbons (Fsp3) is 0.353. The lowest BCUT2D eigenvalue weighted by Gasteiger charge is -2.24. The molecule has 4 rings (SSSR count). The van der Waals surface area contributed by atoms with Gasteiger partial charge in [0.2, 0.25) is 0 Å². The second-order valence-corrected chi connectivity index (χ2v) is 15.2. The van der Waals surface area contributed by atoms with Gasteiger partial charge in [0.25, 0.3) is 0 Å². The van der Waals surface area contributed by atoms with E-state index in [1.807, 2.05) is 44.2 Å². The maximum Gasteiger partial charge on any atom is 0.152 e. The van der Waals surface area contributed by atoms with Crippen LogP contribution in [0.1, 0.15) is 22.3 Å². The van der Waals surface area contributed by atoms with Crippen LogP contribution >= 0.6 is 0 Å². The van der Waals surface area contributed by atoms with E-state index in [2.05, 4.69) is 68.8 Å². The smallest absolute Gasteiger partial charge is 0.152 e. The summed E-state index contributed by atoms with van der Waals surface area (Å²) < 4.78 is 39.1. The number of aromatic hydroxyl groups is 1. The van der Waals surface area contributed by atoms with E-state index in [1.165, 1.54) is 12.1 Å². The number of hydrogen-bond acceptors (Lipinski definition) is 9. The van der Waals surface area contributed by atoms with Crippen LogP contribution in [-0.4, -0.2) is 82.4 Å². The number of phenols is 1. The highest BCUT2D eigenvalue weighted by molar-refractivity contribution is 7.86. The third-order valence-electron chi connectivity index (χ3n) is 7.66. The van der Waals surface area contributed by atoms with Gasteiger partial charge in [-0.3, -0.25) is 0 Å². The Morgan fingerprint density at radius 2 is 1.37 bits per heavy atom. The zero-order valence-corrected chi connectivity index (χ0v) is 28.7. The molecule has 0 aliphatic rings. The van der Waals surface area contributed by atoms with Crippen LogP contribution in [0.5, 0.6) is 5.75 Å². The average Bonchev–Trinajstić information content (AvgIpc) is 2.94. The Labute approximate surface area is 271 Å². The molecule has 3 N–H and O–H groups in total. The summed E-state index contributed by atoms with van der Waals surface area (Å²) in [5.74, 6) is -0.522. The molecule has 4 aromatic carbocycles. The highest BCUT2D eigenvalue weighted by Crippen LogP contribution is 2.46. The van der Waals surface area contributed by atoms with Gasteiger partial charge < -0.3 is 24.4 Å². The van der Waals surface area contributed by atoms with Gasteiger partial charge in [-0.05, 0) is 66.4 Å². The van der Waals surface area contributed by atoms with E-state index in [0.717, 1.165) is 56.8 Å². The van der Waals surface area contributed by atoms with Crippen molar-refractivity contribution in [2.24, 2.45) is 20.5 Å². The molecule has 0 fully saturated rings. The van der Waals surface area contributed by atoms with Crippen molar-refractivity contribution < 1.29 is 27.0 Å². The van der Waals surface area contributed by atoms with Crippen molar-refractivity contribution >= 4 is 49.3 Å². The number of aryl methyl sites for hydroxylation is 2. The number of nitrogen functional groups attached to an aromatic ring is 1. The number of rotatable bonds is 11. The van der Waals surface area contributed by atoms with E-state index >= 15 is 0 Å². The number of benzene rings is 4. The van der Waals surface area contributed by atoms with E-state index in [4.69, 9.17) is 5.73 Å². The minimum Gasteiger partial charge on any atom is -0.744 e. The SMILES string of the molecule is Cc1ccc(CC[N+](C)(C)C)c(N=Nc2c(S(=O)(=O)[O-])cc3c(N=Nc4cc(CC[N+](C)(C)C)ccc4C)c(N)ccc3c2O)c1. The molecule has 0 spiro atoms. The van der Waals surface area contributed by atoms with E-state index in [-0.39, 0.29) is 22.1 Å². The van der Waals surface area contributed by atoms with Crippen molar-refractivity contribution in [1.29, 1.82) is 0 Å². The minimum atomic E-state index is -5.11. The molecule has 0 amide bonds. The van der Waals surface area contributed by atoms with Crippen LogP contribution in [0.15, 0.2) is 79.9 Å². The van der Waals surface area contributed by atoms with Gasteiger partial charge in [0.05, 0.1) is 77.3 Å². The fourth-order valence-electron chi connectivity index (χ4n) is 4.84. The summed E-state index contributed by atoms with van der Waals surface area (Å²) in [6, 6.07) is 15.9. The molecule has 0 atom stereocenters. The topological polar surface area (TPSA) is 153 Å². The first-order valence-electron chi connectivity index (χ1n) is 15.0. The first-order valence-corrected chi connectivity index (χ1v) is 16.4. The summed E-state index contributed by atoms with van der Waals surface area (Å²) in [5.41, 5.74) is 11.1. The quantitative estimate of drug-likeness (QED) is 0.0779. The molecule has 0 unspecified atom stereocenters. The van der Waals surface area contributed by atoms with Crippen molar-refractivity contribution in [3.05, 3.63) is 76.9 Å². The van der Waals surface area contributed by atoms with Gasteiger partial charge in [0.1, 0.15) is 21.5 Å². The maximum atomic E-state index is 12.5. The summed E-state index contributed by atoms with van der Waals surface area (Å²) in [6.45, 7) is 5.58. The second kappa shape index (κ2) is 13.2. The molecule has 0 heterocycles. The molecule has 11 nitrogen and oxygen atoms in total. The molecule has 46 heavy (non-hydrogen) atoms. The number of anilines is 1. The van der Waals surface area contributed by atoms with E-state index in [0.29, 0.717) is 17.8 Å². The van der Waals surface area contributed by atoms with Crippen molar-refractivity contribution in [2.45, 2.75) is 31.6 Å². The monoisotopic (exact) mass is 646 g/mol. The summed E-state index contributed by atoms with van der Waals surface area (Å²) in [4.78, 5) is -0.734. The molecule has 0 radical (unpaired) electrons. The summed E-state index contributed by atoms with van der Waals surface area (Å²) in [5, 5.41) is 29.0. The third-order valence-corrected chi connectivity index (χ3v) is 8.51. The van der Waals surface area contributed by atoms with Crippen molar-refractivity contribution in [2.75, 3.05) is 61.1 Å². The van der Waals surface area contributed by atoms with Gasteiger partial charge in [-0.25, -0.2) is 8.42 Å². The Balaban J connectivity index is 1.82. The molecule has 0 aliphatic heterocycles. The van der Waals surface area contributed by atoms with Crippen LogP contribution in [0.3, 0.4) is 0 Å². The molecular formula is C34H44N7O4S+. The van der Waals surface area contributed by atoms with Crippen molar-refractivity contribution in [3.8, 4) is 5.75 Å². The third kappa shape index (κ3) is 8.73. The van der Waals surface area contributed by atoms with Crippen LogP contribution in [-0.2, 0) is 23.0 Å². The number of quaternary nitrogens is 2. The van der Waals surface area contributed by atoms with Gasteiger partial charge in [0, 0.05) is 23.6 Å². The first-order chi connectivity index (χ1) is 21.3. The number of likely N-dealkylation sites (N-methyl/N-ethyl adjacent to an activating group) is 2. The number of nitrogens with zero attached hydrogens (tertiary/aromatic N) is 6. The normalized spacial score (nSPS) is 13.0. The van der Waals surface area contributed by atoms with Gasteiger partial charge in [-0.1, -0.05) is 24.3 Å². The van der Waals surface area contributed by atoms with Gasteiger partial charge >= 0.3 is 0 Å². The van der Waals surface area contributed by atoms with Gasteiger partial charge in [0.15, 0.2) is 5.75 Å². The number of hydrogen-bond donors (Lipinski definition) is 2. The van der Waals surface area contributed by atoms with Crippen LogP contribution in [0.2, 0.25) is 0 Å². The van der Waals surface area contributed by atoms with Crippen LogP contribution in [0.4, 0.5) is 28.4 Å². The zero-order valence-electron chi connectivity index (χ0n) is 27.9. The maximum absolute atomic E-state index is 12.5. The molecule has 12 heteroatoms. The molecule has 244 valence electrons. The Bertz CT molecular complexity index is 1940. The summed E-state index contributed by atoms with van der Waals surface area (Å²) >= 11 is 0. The van der Waals surface area contributed by atoms with Gasteiger partial charge in [-0.2, -0.15) is 10.2 Å². The Kier molecular flexibility index (Phi) is 9.98. The molecule has 0 aromatic heterocycles. The van der Waals surface area contributed by atoms with Crippen LogP contribution in [0, 0.1) is 13.8 Å². The standard InChI is InChI=1S/C34H43N7O4S/c1-22-9-12-25(16-18-41(6,7)8)30(19-22)37-39-33-31(46(43,44)45)21-27-26(34(33)42)13-14-28(35)32(27)38-36-29-20-24(11-10-23(29)2)15-17-40(3,4)5/h9-14,19-21H,15-18H2,1-8H3,(H2-2,35,36,37,42,43,44,45)/p+1. The summed E-state index contributed by atoms with van der Waals surface area (Å²) in [7, 11) is 7.53. The largest absolute Gasteiger partial charge is 0.744 e. The number of phenolic OH excluding ortho intramolecular Hbond substituents is 1. The van der Waals surface area contributed by atoms with Crippen LogP contribution in [0.25, 0.3) is 10.8 Å². The lowest BCUT2D eigenvalue weighted by Crippen LogP contribution is -2.36. The molecule has 0 bridgehead atoms. The zero-order chi connectivity index (χ0) is 34.0. The Morgan fingerprint density at radius 3 is 2.02 bits per heavy atom. The van der Waals surface area contributed by atoms with E-state index in [1.54, 1.807) is 0 Å². The van der Waals surface area contributed by atoms with Crippen molar-refractivity contribution in [1.82, 2.24) is 0 Å². The molecule has 0 saturated heterocycles. The summed E-state index contributed by atoms with van der Waals surface area (Å²) in [6.07, 6.45) is 1.54. The van der Waals surface area contributed by atoms with Crippen molar-refractivity contribution in [3.63, 3.8) is 0 Å². The molecule has 0 saturated carbocycles. The average molecular weight is 647 g/mol. The lowest BCUT2D eigenvalue weighted by molar-refractivity contribution is -0.870. The number of azo groups is 2. The molecule has 4 aromatic rings. The second-order valence-electron chi connectivity index (χ2n) is 13.8.